The zero-order valence-corrected chi connectivity index (χ0v) is 18.0. The highest BCUT2D eigenvalue weighted by atomic mass is 32.2. The minimum Gasteiger partial charge on any atom is -0.614 e. The molecular weight excluding hydrogens is 348 g/mol. The number of nitrogens with zero attached hydrogens (tertiary/aromatic N) is 1. The van der Waals surface area contributed by atoms with E-state index in [0.29, 0.717) is 0 Å². The van der Waals surface area contributed by atoms with Gasteiger partial charge in [0.05, 0.1) is 0 Å². The SMILES string of the molecule is CC1(C)[C@H](C(=O)O[Si](C)(C)C)N2C(=O)[C@@H](N[Si](C)(C)C)[C@H]2[S+]1[O-]. The predicted octanol–water partition coefficient (Wildman–Crippen LogP) is 1.24. The molecule has 23 heavy (non-hydrogen) atoms. The lowest BCUT2D eigenvalue weighted by molar-refractivity contribution is -0.158. The normalized spacial score (nSPS) is 33.3. The van der Waals surface area contributed by atoms with Gasteiger partial charge in [-0.05, 0) is 44.7 Å². The Morgan fingerprint density at radius 2 is 1.78 bits per heavy atom. The van der Waals surface area contributed by atoms with Gasteiger partial charge in [0, 0.05) is 0 Å². The second kappa shape index (κ2) is 5.58. The van der Waals surface area contributed by atoms with Crippen LogP contribution < -0.4 is 4.98 Å². The Labute approximate surface area is 143 Å². The van der Waals surface area contributed by atoms with Crippen LogP contribution in [0.15, 0.2) is 0 Å². The largest absolute Gasteiger partial charge is 0.614 e. The molecule has 0 aromatic rings. The van der Waals surface area contributed by atoms with Crippen molar-refractivity contribution in [3.05, 3.63) is 0 Å². The first-order valence-electron chi connectivity index (χ1n) is 7.90. The lowest BCUT2D eigenvalue weighted by atomic mass is 9.96. The number of carbonyl (C=O) groups excluding carboxylic acids is 2. The second-order valence-electron chi connectivity index (χ2n) is 8.84. The van der Waals surface area contributed by atoms with Crippen molar-refractivity contribution in [2.45, 2.75) is 75.3 Å². The molecule has 0 aromatic carbocycles. The Balaban J connectivity index is 2.27. The van der Waals surface area contributed by atoms with Gasteiger partial charge < -0.3 is 14.0 Å². The number of β-lactam (4-membered cyclic amide) rings is 1. The van der Waals surface area contributed by atoms with Crippen LogP contribution in [0.1, 0.15) is 13.8 Å². The summed E-state index contributed by atoms with van der Waals surface area (Å²) in [5.74, 6) is -0.543. The van der Waals surface area contributed by atoms with Gasteiger partial charge in [0.2, 0.25) is 13.7 Å². The molecule has 2 aliphatic heterocycles. The van der Waals surface area contributed by atoms with E-state index in [1.165, 1.54) is 4.90 Å². The molecule has 4 atom stereocenters. The molecule has 2 aliphatic rings. The smallest absolute Gasteiger partial charge is 0.321 e. The summed E-state index contributed by atoms with van der Waals surface area (Å²) < 4.78 is 17.7. The van der Waals surface area contributed by atoms with Crippen molar-refractivity contribution in [1.29, 1.82) is 0 Å². The zero-order valence-electron chi connectivity index (χ0n) is 15.2. The average Bonchev–Trinajstić information content (AvgIpc) is 2.49. The molecule has 1 N–H and O–H groups in total. The lowest BCUT2D eigenvalue weighted by Gasteiger charge is -2.44. The number of fused-ring (bicyclic) bond motifs is 1. The fourth-order valence-electron chi connectivity index (χ4n) is 3.10. The van der Waals surface area contributed by atoms with Crippen molar-refractivity contribution >= 4 is 39.6 Å². The van der Waals surface area contributed by atoms with Gasteiger partial charge in [-0.3, -0.25) is 14.5 Å². The summed E-state index contributed by atoms with van der Waals surface area (Å²) in [7, 11) is -3.77. The van der Waals surface area contributed by atoms with E-state index in [4.69, 9.17) is 4.43 Å². The highest BCUT2D eigenvalue weighted by Crippen LogP contribution is 2.46. The van der Waals surface area contributed by atoms with E-state index in [1.54, 1.807) is 13.8 Å². The number of amides is 1. The Morgan fingerprint density at radius 3 is 2.22 bits per heavy atom. The van der Waals surface area contributed by atoms with Gasteiger partial charge in [0.15, 0.2) is 10.8 Å². The molecule has 6 nitrogen and oxygen atoms in total. The molecule has 0 spiro atoms. The van der Waals surface area contributed by atoms with Crippen molar-refractivity contribution in [1.82, 2.24) is 9.88 Å². The molecule has 2 fully saturated rings. The lowest BCUT2D eigenvalue weighted by Crippen LogP contribution is -2.74. The molecule has 0 aromatic heterocycles. The molecule has 0 bridgehead atoms. The van der Waals surface area contributed by atoms with E-state index in [2.05, 4.69) is 24.6 Å². The van der Waals surface area contributed by atoms with Crippen LogP contribution in [0.3, 0.4) is 0 Å². The number of hydrogen-bond acceptors (Lipinski definition) is 5. The Kier molecular flexibility index (Phi) is 4.61. The highest BCUT2D eigenvalue weighted by Gasteiger charge is 2.73. The molecule has 0 saturated carbocycles. The quantitative estimate of drug-likeness (QED) is 0.453. The minimum atomic E-state index is -2.07. The van der Waals surface area contributed by atoms with Gasteiger partial charge in [-0.15, -0.1) is 0 Å². The van der Waals surface area contributed by atoms with Crippen molar-refractivity contribution in [2.24, 2.45) is 0 Å². The summed E-state index contributed by atoms with van der Waals surface area (Å²) in [5, 5.41) is -0.427. The van der Waals surface area contributed by atoms with Gasteiger partial charge >= 0.3 is 5.97 Å². The Morgan fingerprint density at radius 1 is 1.26 bits per heavy atom. The number of nitrogens with one attached hydrogen (secondary N) is 1. The third kappa shape index (κ3) is 3.39. The van der Waals surface area contributed by atoms with Crippen LogP contribution in [0.25, 0.3) is 0 Å². The van der Waals surface area contributed by atoms with E-state index in [1.807, 2.05) is 19.6 Å². The van der Waals surface area contributed by atoms with Gasteiger partial charge in [0.1, 0.15) is 14.3 Å². The highest BCUT2D eigenvalue weighted by molar-refractivity contribution is 7.94. The van der Waals surface area contributed by atoms with Crippen LogP contribution in [0.2, 0.25) is 39.3 Å². The van der Waals surface area contributed by atoms with Crippen molar-refractivity contribution in [2.75, 3.05) is 0 Å². The van der Waals surface area contributed by atoms with E-state index < -0.39 is 55.9 Å². The summed E-state index contributed by atoms with van der Waals surface area (Å²) in [6, 6.07) is -1.20. The first-order valence-corrected chi connectivity index (χ1v) is 16.0. The third-order valence-corrected chi connectivity index (χ3v) is 8.16. The van der Waals surface area contributed by atoms with Crippen molar-refractivity contribution < 1.29 is 18.6 Å². The predicted molar refractivity (Wildman–Crippen MR) is 96.4 cm³/mol. The molecule has 132 valence electrons. The van der Waals surface area contributed by atoms with E-state index in [9.17, 15) is 14.1 Å². The van der Waals surface area contributed by atoms with Gasteiger partial charge in [-0.1, -0.05) is 19.6 Å². The number of carbonyl (C=O) groups is 2. The van der Waals surface area contributed by atoms with E-state index in [0.717, 1.165) is 0 Å². The Hall–Kier alpha value is -0.356. The van der Waals surface area contributed by atoms with Crippen LogP contribution in [0.4, 0.5) is 0 Å². The maximum Gasteiger partial charge on any atom is 0.321 e. The summed E-state index contributed by atoms with van der Waals surface area (Å²) >= 11 is -1.31. The molecule has 2 heterocycles. The second-order valence-corrected chi connectivity index (χ2v) is 20.2. The molecule has 2 saturated heterocycles. The summed E-state index contributed by atoms with van der Waals surface area (Å²) in [4.78, 5) is 30.1. The average molecular weight is 377 g/mol. The monoisotopic (exact) mass is 376 g/mol. The molecule has 9 heteroatoms. The maximum absolute atomic E-state index is 12.9. The topological polar surface area (TPSA) is 81.7 Å². The zero-order chi connectivity index (χ0) is 18.0. The maximum atomic E-state index is 12.9. The number of rotatable bonds is 4. The summed E-state index contributed by atoms with van der Waals surface area (Å²) in [5.41, 5.74) is 0. The van der Waals surface area contributed by atoms with E-state index >= 15 is 0 Å². The number of hydrogen-bond donors (Lipinski definition) is 1. The molecule has 0 aliphatic carbocycles. The molecule has 0 radical (unpaired) electrons. The van der Waals surface area contributed by atoms with Gasteiger partial charge in [-0.25, -0.2) is 0 Å². The van der Waals surface area contributed by atoms with Gasteiger partial charge in [-0.2, -0.15) is 0 Å². The van der Waals surface area contributed by atoms with Crippen LogP contribution in [0.5, 0.6) is 0 Å². The Bertz CT molecular complexity index is 530. The molecular formula is C14H28N2O4SSi2. The van der Waals surface area contributed by atoms with E-state index in [-0.39, 0.29) is 5.91 Å². The molecule has 1 amide bonds. The third-order valence-electron chi connectivity index (χ3n) is 3.97. The fourth-order valence-corrected chi connectivity index (χ4v) is 7.06. The fraction of sp³-hybridized carbons (Fsp3) is 0.857. The van der Waals surface area contributed by atoms with Crippen LogP contribution >= 0.6 is 0 Å². The summed E-state index contributed by atoms with van der Waals surface area (Å²) in [6.45, 7) is 15.7. The van der Waals surface area contributed by atoms with Crippen LogP contribution in [-0.2, 0) is 25.2 Å². The standard InChI is InChI=1S/C14H28N2O4SSi2/c1-14(2)10(13(18)20-23(6,7)8)16-11(17)9(12(16)21(14)19)15-22(3,4)5/h9-10,12,15H,1-8H3/t9-,10+,12-,21?/m1/s1. The summed E-state index contributed by atoms with van der Waals surface area (Å²) in [6.07, 6.45) is 0. The molecule has 2 rings (SSSR count). The minimum absolute atomic E-state index is 0.131. The first-order chi connectivity index (χ1) is 10.2. The van der Waals surface area contributed by atoms with Gasteiger partial charge in [0.25, 0.3) is 5.91 Å². The van der Waals surface area contributed by atoms with Crippen molar-refractivity contribution in [3.63, 3.8) is 0 Å². The van der Waals surface area contributed by atoms with Crippen LogP contribution in [0, 0.1) is 0 Å². The first kappa shape index (κ1) is 19.0. The van der Waals surface area contributed by atoms with Crippen LogP contribution in [-0.4, -0.2) is 60.1 Å². The van der Waals surface area contributed by atoms with Crippen molar-refractivity contribution in [3.8, 4) is 0 Å². The molecule has 1 unspecified atom stereocenters.